The van der Waals surface area contributed by atoms with E-state index in [-0.39, 0.29) is 23.0 Å². The smallest absolute Gasteiger partial charge is 0.354 e. The molecule has 2 aromatic rings. The second-order valence-electron chi connectivity index (χ2n) is 6.34. The SMILES string of the molecule is CCOC(=O)c1cc(S(=O)(=O)N(C)CC(=O)Nc2cccc(C(C)=O)c2)cn1C. The summed E-state index contributed by atoms with van der Waals surface area (Å²) in [5.74, 6) is -1.36. The van der Waals surface area contributed by atoms with Crippen LogP contribution in [0, 0.1) is 0 Å². The van der Waals surface area contributed by atoms with Gasteiger partial charge in [0.1, 0.15) is 10.6 Å². The van der Waals surface area contributed by atoms with Crippen LogP contribution in [0.25, 0.3) is 0 Å². The van der Waals surface area contributed by atoms with E-state index in [0.29, 0.717) is 11.3 Å². The Hall–Kier alpha value is -2.98. The molecule has 9 nitrogen and oxygen atoms in total. The Morgan fingerprint density at radius 3 is 2.52 bits per heavy atom. The van der Waals surface area contributed by atoms with Gasteiger partial charge < -0.3 is 14.6 Å². The lowest BCUT2D eigenvalue weighted by Gasteiger charge is -2.16. The molecule has 1 amide bonds. The molecule has 0 aliphatic carbocycles. The molecule has 156 valence electrons. The summed E-state index contributed by atoms with van der Waals surface area (Å²) in [6.07, 6.45) is 1.28. The van der Waals surface area contributed by atoms with Gasteiger partial charge in [0.2, 0.25) is 15.9 Å². The van der Waals surface area contributed by atoms with Gasteiger partial charge in [0.05, 0.1) is 13.2 Å². The number of Topliss-reactive ketones (excluding diaryl/α,β-unsaturated/α-hetero) is 1. The molecule has 0 saturated heterocycles. The van der Waals surface area contributed by atoms with Crippen molar-refractivity contribution in [3.63, 3.8) is 0 Å². The Morgan fingerprint density at radius 1 is 1.21 bits per heavy atom. The van der Waals surface area contributed by atoms with Crippen LogP contribution in [0.5, 0.6) is 0 Å². The molecule has 0 unspecified atom stereocenters. The lowest BCUT2D eigenvalue weighted by atomic mass is 10.1. The van der Waals surface area contributed by atoms with Crippen molar-refractivity contribution in [1.29, 1.82) is 0 Å². The summed E-state index contributed by atoms with van der Waals surface area (Å²) in [5, 5.41) is 2.57. The van der Waals surface area contributed by atoms with Crippen molar-refractivity contribution in [2.45, 2.75) is 18.7 Å². The molecule has 0 aliphatic rings. The number of likely N-dealkylation sites (N-methyl/N-ethyl adjacent to an activating group) is 1. The third-order valence-electron chi connectivity index (χ3n) is 4.09. The zero-order valence-corrected chi connectivity index (χ0v) is 17.4. The molecule has 0 spiro atoms. The summed E-state index contributed by atoms with van der Waals surface area (Å²) in [6, 6.07) is 7.55. The van der Waals surface area contributed by atoms with Crippen LogP contribution in [-0.2, 0) is 26.6 Å². The van der Waals surface area contributed by atoms with Gasteiger partial charge in [-0.25, -0.2) is 13.2 Å². The number of hydrogen-bond acceptors (Lipinski definition) is 6. The van der Waals surface area contributed by atoms with Gasteiger partial charge >= 0.3 is 5.97 Å². The maximum Gasteiger partial charge on any atom is 0.354 e. The average molecular weight is 421 g/mol. The number of carbonyl (C=O) groups is 3. The topological polar surface area (TPSA) is 115 Å². The molecule has 1 aromatic heterocycles. The number of nitrogens with zero attached hydrogens (tertiary/aromatic N) is 2. The van der Waals surface area contributed by atoms with Gasteiger partial charge in [-0.1, -0.05) is 12.1 Å². The summed E-state index contributed by atoms with van der Waals surface area (Å²) in [4.78, 5) is 35.5. The van der Waals surface area contributed by atoms with Gasteiger partial charge in [-0.3, -0.25) is 9.59 Å². The van der Waals surface area contributed by atoms with E-state index < -0.39 is 28.4 Å². The van der Waals surface area contributed by atoms with E-state index in [1.165, 1.54) is 43.9 Å². The van der Waals surface area contributed by atoms with Gasteiger partial charge in [0.15, 0.2) is 5.78 Å². The van der Waals surface area contributed by atoms with Crippen LogP contribution in [0.4, 0.5) is 5.69 Å². The summed E-state index contributed by atoms with van der Waals surface area (Å²) < 4.78 is 32.6. The van der Waals surface area contributed by atoms with Gasteiger partial charge in [-0.2, -0.15) is 4.31 Å². The predicted molar refractivity (Wildman–Crippen MR) is 106 cm³/mol. The Labute approximate surface area is 169 Å². The molecule has 0 fully saturated rings. The Balaban J connectivity index is 2.13. The van der Waals surface area contributed by atoms with E-state index in [2.05, 4.69) is 5.32 Å². The lowest BCUT2D eigenvalue weighted by Crippen LogP contribution is -2.34. The van der Waals surface area contributed by atoms with Gasteiger partial charge in [-0.15, -0.1) is 0 Å². The largest absolute Gasteiger partial charge is 0.461 e. The standard InChI is InChI=1S/C19H23N3O6S/c1-5-28-19(25)17-10-16(11-21(17)3)29(26,27)22(4)12-18(24)20-15-8-6-7-14(9-15)13(2)23/h6-11H,5,12H2,1-4H3,(H,20,24). The fourth-order valence-corrected chi connectivity index (χ4v) is 3.77. The molecule has 0 atom stereocenters. The van der Waals surface area contributed by atoms with Crippen LogP contribution in [0.2, 0.25) is 0 Å². The highest BCUT2D eigenvalue weighted by Crippen LogP contribution is 2.18. The summed E-state index contributed by atoms with van der Waals surface area (Å²) in [7, 11) is -1.22. The number of amides is 1. The molecule has 1 aromatic carbocycles. The number of carbonyl (C=O) groups excluding carboxylic acids is 3. The molecular formula is C19H23N3O6S. The molecule has 0 bridgehead atoms. The van der Waals surface area contributed by atoms with Crippen molar-refractivity contribution in [3.05, 3.63) is 47.8 Å². The van der Waals surface area contributed by atoms with Crippen molar-refractivity contribution < 1.29 is 27.5 Å². The van der Waals surface area contributed by atoms with Crippen LogP contribution in [-0.4, -0.2) is 55.1 Å². The predicted octanol–water partition coefficient (Wildman–Crippen LogP) is 1.66. The molecule has 1 heterocycles. The average Bonchev–Trinajstić information content (AvgIpc) is 3.04. The van der Waals surface area contributed by atoms with Crippen molar-refractivity contribution in [2.75, 3.05) is 25.5 Å². The molecule has 0 aliphatic heterocycles. The molecule has 10 heteroatoms. The quantitative estimate of drug-likeness (QED) is 0.512. The Morgan fingerprint density at radius 2 is 1.90 bits per heavy atom. The number of aryl methyl sites for hydroxylation is 1. The van der Waals surface area contributed by atoms with Gasteiger partial charge in [-0.05, 0) is 32.0 Å². The summed E-state index contributed by atoms with van der Waals surface area (Å²) in [5.41, 5.74) is 0.904. The molecule has 0 radical (unpaired) electrons. The number of rotatable bonds is 8. The minimum Gasteiger partial charge on any atom is -0.461 e. The minimum absolute atomic E-state index is 0.0873. The van der Waals surface area contributed by atoms with Crippen LogP contribution in [0.3, 0.4) is 0 Å². The van der Waals surface area contributed by atoms with Crippen LogP contribution >= 0.6 is 0 Å². The van der Waals surface area contributed by atoms with E-state index in [0.717, 1.165) is 4.31 Å². The molecule has 2 rings (SSSR count). The third kappa shape index (κ3) is 5.30. The zero-order valence-electron chi connectivity index (χ0n) is 16.6. The number of nitrogens with one attached hydrogen (secondary N) is 1. The number of ether oxygens (including phenoxy) is 1. The monoisotopic (exact) mass is 421 g/mol. The van der Waals surface area contributed by atoms with Crippen LogP contribution < -0.4 is 5.32 Å². The van der Waals surface area contributed by atoms with Gasteiger partial charge in [0, 0.05) is 31.5 Å². The van der Waals surface area contributed by atoms with Crippen molar-refractivity contribution in [2.24, 2.45) is 7.05 Å². The van der Waals surface area contributed by atoms with Crippen LogP contribution in [0.15, 0.2) is 41.4 Å². The molecular weight excluding hydrogens is 398 g/mol. The number of sulfonamides is 1. The Bertz CT molecular complexity index is 1040. The van der Waals surface area contributed by atoms with Crippen molar-refractivity contribution in [1.82, 2.24) is 8.87 Å². The number of benzene rings is 1. The van der Waals surface area contributed by atoms with E-state index in [1.807, 2.05) is 0 Å². The normalized spacial score (nSPS) is 11.3. The van der Waals surface area contributed by atoms with E-state index in [1.54, 1.807) is 25.1 Å². The number of anilines is 1. The highest BCUT2D eigenvalue weighted by atomic mass is 32.2. The van der Waals surface area contributed by atoms with Crippen molar-refractivity contribution >= 4 is 33.4 Å². The van der Waals surface area contributed by atoms with E-state index in [4.69, 9.17) is 4.74 Å². The highest BCUT2D eigenvalue weighted by Gasteiger charge is 2.26. The molecule has 29 heavy (non-hydrogen) atoms. The first-order valence-electron chi connectivity index (χ1n) is 8.77. The maximum atomic E-state index is 12.7. The number of aromatic nitrogens is 1. The lowest BCUT2D eigenvalue weighted by molar-refractivity contribution is -0.116. The Kier molecular flexibility index (Phi) is 6.93. The number of esters is 1. The first-order valence-corrected chi connectivity index (χ1v) is 10.2. The molecule has 0 saturated carbocycles. The first-order chi connectivity index (χ1) is 13.6. The maximum absolute atomic E-state index is 12.7. The van der Waals surface area contributed by atoms with Gasteiger partial charge in [0.25, 0.3) is 0 Å². The first kappa shape index (κ1) is 22.3. The summed E-state index contributed by atoms with van der Waals surface area (Å²) >= 11 is 0. The third-order valence-corrected chi connectivity index (χ3v) is 5.86. The van der Waals surface area contributed by atoms with E-state index >= 15 is 0 Å². The fraction of sp³-hybridized carbons (Fsp3) is 0.316. The second-order valence-corrected chi connectivity index (χ2v) is 8.38. The van der Waals surface area contributed by atoms with Crippen LogP contribution in [0.1, 0.15) is 34.7 Å². The molecule has 1 N–H and O–H groups in total. The second kappa shape index (κ2) is 9.01. The summed E-state index contributed by atoms with van der Waals surface area (Å²) in [6.45, 7) is 2.77. The number of hydrogen-bond donors (Lipinski definition) is 1. The number of ketones is 1. The fourth-order valence-electron chi connectivity index (χ4n) is 2.57. The highest BCUT2D eigenvalue weighted by molar-refractivity contribution is 7.89. The van der Waals surface area contributed by atoms with E-state index in [9.17, 15) is 22.8 Å². The van der Waals surface area contributed by atoms with Crippen molar-refractivity contribution in [3.8, 4) is 0 Å². The zero-order chi connectivity index (χ0) is 21.8. The minimum atomic E-state index is -4.01.